The van der Waals surface area contributed by atoms with Crippen LogP contribution in [0, 0.1) is 5.92 Å². The van der Waals surface area contributed by atoms with Gasteiger partial charge in [0, 0.05) is 24.8 Å². The van der Waals surface area contributed by atoms with E-state index < -0.39 is 5.41 Å². The van der Waals surface area contributed by atoms with Crippen LogP contribution >= 0.6 is 0 Å². The molecule has 1 aromatic rings. The highest BCUT2D eigenvalue weighted by Gasteiger charge is 2.45. The first-order valence-corrected chi connectivity index (χ1v) is 9.28. The molecule has 0 bridgehead atoms. The molecule has 1 amide bonds. The smallest absolute Gasteiger partial charge is 0.230 e. The third-order valence-corrected chi connectivity index (χ3v) is 5.34. The zero-order valence-corrected chi connectivity index (χ0v) is 16.2. The minimum absolute atomic E-state index is 0.200. The molecule has 1 aromatic heterocycles. The van der Waals surface area contributed by atoms with Crippen molar-refractivity contribution in [2.45, 2.75) is 78.3 Å². The van der Waals surface area contributed by atoms with E-state index in [1.165, 1.54) is 0 Å². The van der Waals surface area contributed by atoms with Gasteiger partial charge in [0.2, 0.25) is 5.91 Å². The van der Waals surface area contributed by atoms with E-state index >= 15 is 0 Å². The number of amides is 1. The fourth-order valence-corrected chi connectivity index (χ4v) is 4.02. The Morgan fingerprint density at radius 1 is 1.17 bits per heavy atom. The Hall–Kier alpha value is -1.42. The van der Waals surface area contributed by atoms with E-state index in [1.807, 2.05) is 18.2 Å². The Balaban J connectivity index is 3.29. The number of nitrogens with zero attached hydrogens (tertiary/aromatic N) is 2. The first-order chi connectivity index (χ1) is 11.3. The highest BCUT2D eigenvalue weighted by atomic mass is 16.1. The maximum atomic E-state index is 12.7. The lowest BCUT2D eigenvalue weighted by molar-refractivity contribution is -0.126. The summed E-state index contributed by atoms with van der Waals surface area (Å²) < 4.78 is 0. The SMILES string of the molecule is CCC(CC)[C@@](CCN(C(C)C)C(C)C)(C(N)=O)c1ccccn1. The van der Waals surface area contributed by atoms with Gasteiger partial charge in [0.15, 0.2) is 0 Å². The molecule has 1 atom stereocenters. The van der Waals surface area contributed by atoms with Gasteiger partial charge in [-0.2, -0.15) is 0 Å². The van der Waals surface area contributed by atoms with Crippen molar-refractivity contribution in [1.82, 2.24) is 9.88 Å². The quantitative estimate of drug-likeness (QED) is 0.709. The third kappa shape index (κ3) is 4.35. The number of rotatable bonds is 10. The Morgan fingerprint density at radius 3 is 2.12 bits per heavy atom. The van der Waals surface area contributed by atoms with Gasteiger partial charge in [-0.25, -0.2) is 0 Å². The van der Waals surface area contributed by atoms with Crippen molar-refractivity contribution < 1.29 is 4.79 Å². The zero-order chi connectivity index (χ0) is 18.3. The molecule has 0 unspecified atom stereocenters. The van der Waals surface area contributed by atoms with E-state index in [-0.39, 0.29) is 11.8 Å². The van der Waals surface area contributed by atoms with Crippen LogP contribution in [-0.2, 0) is 10.2 Å². The summed E-state index contributed by atoms with van der Waals surface area (Å²) in [5.41, 5.74) is 6.11. The molecule has 2 N–H and O–H groups in total. The average Bonchev–Trinajstić information content (AvgIpc) is 2.54. The molecule has 0 saturated carbocycles. The van der Waals surface area contributed by atoms with Gasteiger partial charge in [-0.15, -0.1) is 0 Å². The highest BCUT2D eigenvalue weighted by molar-refractivity contribution is 5.86. The lowest BCUT2D eigenvalue weighted by atomic mass is 9.67. The number of pyridine rings is 1. The van der Waals surface area contributed by atoms with Crippen LogP contribution in [0.1, 0.15) is 66.5 Å². The van der Waals surface area contributed by atoms with E-state index in [9.17, 15) is 4.79 Å². The van der Waals surface area contributed by atoms with Gasteiger partial charge < -0.3 is 5.73 Å². The Kier molecular flexibility index (Phi) is 7.88. The molecule has 136 valence electrons. The molecule has 0 aromatic carbocycles. The molecule has 4 nitrogen and oxygen atoms in total. The zero-order valence-electron chi connectivity index (χ0n) is 16.2. The summed E-state index contributed by atoms with van der Waals surface area (Å²) in [4.78, 5) is 19.7. The Morgan fingerprint density at radius 2 is 1.75 bits per heavy atom. The maximum absolute atomic E-state index is 12.7. The molecule has 0 aliphatic heterocycles. The van der Waals surface area contributed by atoms with Crippen molar-refractivity contribution in [2.75, 3.05) is 6.54 Å². The minimum Gasteiger partial charge on any atom is -0.369 e. The second-order valence-corrected chi connectivity index (χ2v) is 7.24. The maximum Gasteiger partial charge on any atom is 0.230 e. The summed E-state index contributed by atoms with van der Waals surface area (Å²) in [7, 11) is 0. The van der Waals surface area contributed by atoms with Crippen molar-refractivity contribution in [3.8, 4) is 0 Å². The van der Waals surface area contributed by atoms with Gasteiger partial charge in [-0.3, -0.25) is 14.7 Å². The number of hydrogen-bond acceptors (Lipinski definition) is 3. The fraction of sp³-hybridized carbons (Fsp3) is 0.700. The number of aromatic nitrogens is 1. The molecule has 1 rings (SSSR count). The van der Waals surface area contributed by atoms with Gasteiger partial charge in [-0.1, -0.05) is 32.8 Å². The van der Waals surface area contributed by atoms with Crippen molar-refractivity contribution in [3.05, 3.63) is 30.1 Å². The Bertz CT molecular complexity index is 489. The van der Waals surface area contributed by atoms with E-state index in [4.69, 9.17) is 5.73 Å². The predicted octanol–water partition coefficient (Wildman–Crippen LogP) is 3.75. The molecule has 0 spiro atoms. The lowest BCUT2D eigenvalue weighted by Crippen LogP contribution is -2.51. The largest absolute Gasteiger partial charge is 0.369 e. The third-order valence-electron chi connectivity index (χ3n) is 5.34. The molecular formula is C20H35N3O. The Labute approximate surface area is 147 Å². The van der Waals surface area contributed by atoms with E-state index in [1.54, 1.807) is 6.20 Å². The van der Waals surface area contributed by atoms with E-state index in [0.717, 1.165) is 25.1 Å². The molecular weight excluding hydrogens is 298 g/mol. The van der Waals surface area contributed by atoms with Crippen LogP contribution in [0.25, 0.3) is 0 Å². The summed E-state index contributed by atoms with van der Waals surface area (Å²) in [6, 6.07) is 6.65. The van der Waals surface area contributed by atoms with Crippen molar-refractivity contribution in [2.24, 2.45) is 11.7 Å². The van der Waals surface area contributed by atoms with Crippen molar-refractivity contribution in [1.29, 1.82) is 0 Å². The van der Waals surface area contributed by atoms with Crippen LogP contribution in [0.4, 0.5) is 0 Å². The lowest BCUT2D eigenvalue weighted by Gasteiger charge is -2.40. The summed E-state index contributed by atoms with van der Waals surface area (Å²) in [5.74, 6) is -0.0477. The topological polar surface area (TPSA) is 59.2 Å². The molecule has 1 heterocycles. The van der Waals surface area contributed by atoms with Crippen molar-refractivity contribution >= 4 is 5.91 Å². The summed E-state index contributed by atoms with van der Waals surface area (Å²) in [6.45, 7) is 13.9. The van der Waals surface area contributed by atoms with Crippen LogP contribution < -0.4 is 5.73 Å². The number of hydrogen-bond donors (Lipinski definition) is 1. The first kappa shape index (κ1) is 20.6. The van der Waals surface area contributed by atoms with E-state index in [2.05, 4.69) is 51.4 Å². The molecule has 0 fully saturated rings. The van der Waals surface area contributed by atoms with Crippen LogP contribution in [-0.4, -0.2) is 34.4 Å². The van der Waals surface area contributed by atoms with Crippen LogP contribution in [0.2, 0.25) is 0 Å². The van der Waals surface area contributed by atoms with Gasteiger partial charge in [0.1, 0.15) is 0 Å². The number of primary amides is 1. The van der Waals surface area contributed by atoms with E-state index in [0.29, 0.717) is 18.5 Å². The summed E-state index contributed by atoms with van der Waals surface area (Å²) in [6.07, 6.45) is 4.30. The van der Waals surface area contributed by atoms with Gasteiger partial charge in [0.05, 0.1) is 11.1 Å². The van der Waals surface area contributed by atoms with Crippen LogP contribution in [0.3, 0.4) is 0 Å². The number of carbonyl (C=O) groups is 1. The minimum atomic E-state index is -0.702. The molecule has 4 heteroatoms. The number of carbonyl (C=O) groups excluding carboxylic acids is 1. The van der Waals surface area contributed by atoms with Crippen LogP contribution in [0.15, 0.2) is 24.4 Å². The molecule has 0 saturated heterocycles. The number of nitrogens with two attached hydrogens (primary N) is 1. The average molecular weight is 334 g/mol. The molecule has 24 heavy (non-hydrogen) atoms. The second kappa shape index (κ2) is 9.16. The first-order valence-electron chi connectivity index (χ1n) is 9.28. The van der Waals surface area contributed by atoms with Crippen molar-refractivity contribution in [3.63, 3.8) is 0 Å². The normalized spacial score (nSPS) is 14.6. The van der Waals surface area contributed by atoms with Crippen LogP contribution in [0.5, 0.6) is 0 Å². The second-order valence-electron chi connectivity index (χ2n) is 7.24. The molecule has 0 radical (unpaired) electrons. The van der Waals surface area contributed by atoms with Gasteiger partial charge in [0.25, 0.3) is 0 Å². The molecule has 0 aliphatic carbocycles. The predicted molar refractivity (Wildman–Crippen MR) is 101 cm³/mol. The molecule has 0 aliphatic rings. The highest BCUT2D eigenvalue weighted by Crippen LogP contribution is 2.39. The fourth-order valence-electron chi connectivity index (χ4n) is 4.02. The van der Waals surface area contributed by atoms with Gasteiger partial charge >= 0.3 is 0 Å². The van der Waals surface area contributed by atoms with Gasteiger partial charge in [-0.05, 0) is 52.2 Å². The monoisotopic (exact) mass is 333 g/mol. The standard InChI is InChI=1S/C20H35N3O/c1-7-17(8-2)20(19(21)24,18-11-9-10-13-22-18)12-14-23(15(3)4)16(5)6/h9-11,13,15-17H,7-8,12,14H2,1-6H3,(H2,21,24)/t20-/m1/s1. The summed E-state index contributed by atoms with van der Waals surface area (Å²) >= 11 is 0. The summed E-state index contributed by atoms with van der Waals surface area (Å²) in [5, 5.41) is 0.